The van der Waals surface area contributed by atoms with Crippen molar-refractivity contribution >= 4 is 12.3 Å². The van der Waals surface area contributed by atoms with Gasteiger partial charge in [0.15, 0.2) is 0 Å². The van der Waals surface area contributed by atoms with Crippen molar-refractivity contribution in [2.24, 2.45) is 17.3 Å². The number of rotatable bonds is 3. The van der Waals surface area contributed by atoms with E-state index in [1.165, 1.54) is 0 Å². The summed E-state index contributed by atoms with van der Waals surface area (Å²) in [5.41, 5.74) is -0.187. The van der Waals surface area contributed by atoms with Crippen molar-refractivity contribution in [3.05, 3.63) is 0 Å². The lowest BCUT2D eigenvalue weighted by molar-refractivity contribution is -0.146. The van der Waals surface area contributed by atoms with E-state index in [9.17, 15) is 9.59 Å². The van der Waals surface area contributed by atoms with Gasteiger partial charge in [-0.3, -0.25) is 4.79 Å². The van der Waals surface area contributed by atoms with Gasteiger partial charge in [-0.25, -0.2) is 0 Å². The minimum atomic E-state index is -0.236. The van der Waals surface area contributed by atoms with Gasteiger partial charge in [-0.2, -0.15) is 0 Å². The Labute approximate surface area is 72.1 Å². The number of carbonyl (C=O) groups excluding carboxylic acids is 2. The fraction of sp³-hybridized carbons (Fsp3) is 0.778. The van der Waals surface area contributed by atoms with E-state index in [2.05, 4.69) is 0 Å². The summed E-state index contributed by atoms with van der Waals surface area (Å²) in [5.74, 6) is -0.592. The van der Waals surface area contributed by atoms with E-state index >= 15 is 0 Å². The Morgan fingerprint density at radius 1 is 1.58 bits per heavy atom. The smallest absolute Gasteiger partial charge is 0.310 e. The van der Waals surface area contributed by atoms with Crippen molar-refractivity contribution in [3.63, 3.8) is 0 Å². The molecule has 0 bridgehead atoms. The molecule has 1 rings (SSSR count). The Morgan fingerprint density at radius 2 is 2.17 bits per heavy atom. The molecular weight excluding hydrogens is 156 g/mol. The molecule has 0 aromatic rings. The molecule has 1 aliphatic rings. The summed E-state index contributed by atoms with van der Waals surface area (Å²) in [7, 11) is 0. The fourth-order valence-electron chi connectivity index (χ4n) is 1.61. The molecule has 0 spiro atoms. The fourth-order valence-corrected chi connectivity index (χ4v) is 1.61. The summed E-state index contributed by atoms with van der Waals surface area (Å²) in [6.07, 6.45) is 0.849. The zero-order valence-electron chi connectivity index (χ0n) is 7.66. The third-order valence-corrected chi connectivity index (χ3v) is 2.60. The van der Waals surface area contributed by atoms with Crippen LogP contribution in [0.25, 0.3) is 0 Å². The SMILES string of the molecule is CCOC(=O)C1C(C=O)C1(C)C. The first-order chi connectivity index (χ1) is 5.55. The van der Waals surface area contributed by atoms with Crippen LogP contribution in [-0.2, 0) is 14.3 Å². The lowest BCUT2D eigenvalue weighted by Gasteiger charge is -2.01. The van der Waals surface area contributed by atoms with Gasteiger partial charge in [0.1, 0.15) is 6.29 Å². The van der Waals surface area contributed by atoms with Gasteiger partial charge in [0.2, 0.25) is 0 Å². The number of hydrogen-bond donors (Lipinski definition) is 0. The molecule has 0 amide bonds. The Morgan fingerprint density at radius 3 is 2.50 bits per heavy atom. The zero-order chi connectivity index (χ0) is 9.35. The van der Waals surface area contributed by atoms with E-state index in [0.29, 0.717) is 6.61 Å². The monoisotopic (exact) mass is 170 g/mol. The van der Waals surface area contributed by atoms with E-state index in [4.69, 9.17) is 4.74 Å². The highest BCUT2D eigenvalue weighted by atomic mass is 16.5. The quantitative estimate of drug-likeness (QED) is 0.469. The number of carbonyl (C=O) groups is 2. The maximum Gasteiger partial charge on any atom is 0.310 e. The van der Waals surface area contributed by atoms with Crippen molar-refractivity contribution in [1.29, 1.82) is 0 Å². The highest BCUT2D eigenvalue weighted by molar-refractivity contribution is 5.84. The second-order valence-electron chi connectivity index (χ2n) is 3.71. The lowest BCUT2D eigenvalue weighted by atomic mass is 10.1. The van der Waals surface area contributed by atoms with Crippen LogP contribution in [0.2, 0.25) is 0 Å². The number of ether oxygens (including phenoxy) is 1. The standard InChI is InChI=1S/C9H14O3/c1-4-12-8(11)7-6(5-10)9(7,2)3/h5-7H,4H2,1-3H3. The molecule has 1 aliphatic carbocycles. The minimum Gasteiger partial charge on any atom is -0.466 e. The summed E-state index contributed by atoms with van der Waals surface area (Å²) in [6.45, 7) is 5.97. The first-order valence-corrected chi connectivity index (χ1v) is 4.17. The number of esters is 1. The van der Waals surface area contributed by atoms with Crippen molar-refractivity contribution < 1.29 is 14.3 Å². The highest BCUT2D eigenvalue weighted by Gasteiger charge is 2.62. The van der Waals surface area contributed by atoms with Crippen LogP contribution in [0.1, 0.15) is 20.8 Å². The molecular formula is C9H14O3. The molecule has 1 fully saturated rings. The van der Waals surface area contributed by atoms with Crippen LogP contribution in [0.3, 0.4) is 0 Å². The third-order valence-electron chi connectivity index (χ3n) is 2.60. The Kier molecular flexibility index (Phi) is 2.22. The Balaban J connectivity index is 2.57. The predicted octanol–water partition coefficient (Wildman–Crippen LogP) is 1.02. The van der Waals surface area contributed by atoms with E-state index in [1.54, 1.807) is 6.92 Å². The summed E-state index contributed by atoms with van der Waals surface area (Å²) in [6, 6.07) is 0. The van der Waals surface area contributed by atoms with Gasteiger partial charge < -0.3 is 9.53 Å². The summed E-state index contributed by atoms with van der Waals surface area (Å²) in [4.78, 5) is 21.7. The van der Waals surface area contributed by atoms with Crippen molar-refractivity contribution in [2.75, 3.05) is 6.61 Å². The molecule has 0 radical (unpaired) electrons. The molecule has 0 N–H and O–H groups in total. The Bertz CT molecular complexity index is 208. The highest BCUT2D eigenvalue weighted by Crippen LogP contribution is 2.57. The third kappa shape index (κ3) is 1.24. The van der Waals surface area contributed by atoms with Gasteiger partial charge in [0.05, 0.1) is 12.5 Å². The molecule has 3 nitrogen and oxygen atoms in total. The van der Waals surface area contributed by atoms with Crippen molar-refractivity contribution in [2.45, 2.75) is 20.8 Å². The molecule has 0 saturated heterocycles. The van der Waals surface area contributed by atoms with E-state index < -0.39 is 0 Å². The van der Waals surface area contributed by atoms with Crippen LogP contribution in [-0.4, -0.2) is 18.9 Å². The van der Waals surface area contributed by atoms with Crippen LogP contribution < -0.4 is 0 Å². The number of aldehydes is 1. The first kappa shape index (κ1) is 9.23. The maximum atomic E-state index is 11.2. The van der Waals surface area contributed by atoms with Gasteiger partial charge >= 0.3 is 5.97 Å². The molecule has 0 aromatic carbocycles. The molecule has 0 heterocycles. The van der Waals surface area contributed by atoms with E-state index in [-0.39, 0.29) is 23.2 Å². The Hall–Kier alpha value is -0.860. The van der Waals surface area contributed by atoms with E-state index in [1.807, 2.05) is 13.8 Å². The van der Waals surface area contributed by atoms with Gasteiger partial charge in [-0.1, -0.05) is 13.8 Å². The van der Waals surface area contributed by atoms with Gasteiger partial charge in [-0.15, -0.1) is 0 Å². The second kappa shape index (κ2) is 2.88. The van der Waals surface area contributed by atoms with Crippen molar-refractivity contribution in [1.82, 2.24) is 0 Å². The molecule has 0 aliphatic heterocycles. The lowest BCUT2D eigenvalue weighted by Crippen LogP contribution is -2.10. The van der Waals surface area contributed by atoms with Crippen LogP contribution in [0.15, 0.2) is 0 Å². The predicted molar refractivity (Wildman–Crippen MR) is 43.5 cm³/mol. The zero-order valence-corrected chi connectivity index (χ0v) is 7.66. The summed E-state index contributed by atoms with van der Waals surface area (Å²) in [5, 5.41) is 0. The molecule has 1 saturated carbocycles. The molecule has 2 unspecified atom stereocenters. The normalized spacial score (nSPS) is 30.9. The van der Waals surface area contributed by atoms with Gasteiger partial charge in [-0.05, 0) is 12.3 Å². The average Bonchev–Trinajstić information content (AvgIpc) is 2.53. The van der Waals surface area contributed by atoms with Gasteiger partial charge in [0, 0.05) is 5.92 Å². The topological polar surface area (TPSA) is 43.4 Å². The van der Waals surface area contributed by atoms with Crippen LogP contribution in [0, 0.1) is 17.3 Å². The molecule has 12 heavy (non-hydrogen) atoms. The average molecular weight is 170 g/mol. The number of hydrogen-bond acceptors (Lipinski definition) is 3. The summed E-state index contributed by atoms with van der Waals surface area (Å²) >= 11 is 0. The first-order valence-electron chi connectivity index (χ1n) is 4.17. The maximum absolute atomic E-state index is 11.2. The van der Waals surface area contributed by atoms with E-state index in [0.717, 1.165) is 6.29 Å². The molecule has 2 atom stereocenters. The molecule has 3 heteroatoms. The second-order valence-corrected chi connectivity index (χ2v) is 3.71. The van der Waals surface area contributed by atoms with Crippen LogP contribution in [0.5, 0.6) is 0 Å². The largest absolute Gasteiger partial charge is 0.466 e. The summed E-state index contributed by atoms with van der Waals surface area (Å²) < 4.78 is 4.84. The van der Waals surface area contributed by atoms with Gasteiger partial charge in [0.25, 0.3) is 0 Å². The van der Waals surface area contributed by atoms with Crippen LogP contribution in [0.4, 0.5) is 0 Å². The molecule has 0 aromatic heterocycles. The minimum absolute atomic E-state index is 0.142. The van der Waals surface area contributed by atoms with Crippen LogP contribution >= 0.6 is 0 Å². The van der Waals surface area contributed by atoms with Crippen molar-refractivity contribution in [3.8, 4) is 0 Å². The molecule has 68 valence electrons.